The first kappa shape index (κ1) is 15.0. The molecular weight excluding hydrogens is 244 g/mol. The monoisotopic (exact) mass is 264 g/mol. The molecule has 0 atom stereocenters. The lowest BCUT2D eigenvalue weighted by Gasteiger charge is -2.11. The van der Waals surface area contributed by atoms with E-state index in [-0.39, 0.29) is 11.5 Å². The number of rotatable bonds is 6. The Bertz CT molecular complexity index is 484. The molecule has 0 radical (unpaired) electrons. The minimum atomic E-state index is -0.626. The molecule has 5 nitrogen and oxygen atoms in total. The Labute approximate surface area is 112 Å². The lowest BCUT2D eigenvalue weighted by atomic mass is 10.0. The number of hydrogen-bond donors (Lipinski definition) is 2. The van der Waals surface area contributed by atoms with Gasteiger partial charge in [-0.25, -0.2) is 0 Å². The summed E-state index contributed by atoms with van der Waals surface area (Å²) in [5.74, 6) is -0.622. The summed E-state index contributed by atoms with van der Waals surface area (Å²) < 4.78 is 5.20. The van der Waals surface area contributed by atoms with Crippen molar-refractivity contribution >= 4 is 17.6 Å². The molecule has 5 heteroatoms. The van der Waals surface area contributed by atoms with Gasteiger partial charge in [-0.15, -0.1) is 0 Å². The molecule has 1 aromatic carbocycles. The van der Waals surface area contributed by atoms with Crippen molar-refractivity contribution in [1.29, 1.82) is 0 Å². The van der Waals surface area contributed by atoms with Crippen molar-refractivity contribution in [2.24, 2.45) is 5.73 Å². The van der Waals surface area contributed by atoms with Crippen LogP contribution in [0.2, 0.25) is 0 Å². The van der Waals surface area contributed by atoms with Gasteiger partial charge < -0.3 is 16.2 Å². The standard InChI is InChI=1S/C14H20N2O3/c1-3-5-6-12(17)19-10-7-9(4-2)13(15)11(8-10)14(16)18/h7-8H,3-6,15H2,1-2H3,(H2,16,18). The van der Waals surface area contributed by atoms with E-state index in [0.29, 0.717) is 24.3 Å². The maximum absolute atomic E-state index is 11.6. The first-order chi connectivity index (χ1) is 8.99. The van der Waals surface area contributed by atoms with Crippen molar-refractivity contribution in [1.82, 2.24) is 0 Å². The number of ether oxygens (including phenoxy) is 1. The minimum absolute atomic E-state index is 0.192. The van der Waals surface area contributed by atoms with E-state index in [1.165, 1.54) is 6.07 Å². The number of anilines is 1. The third kappa shape index (κ3) is 3.98. The van der Waals surface area contributed by atoms with Crippen molar-refractivity contribution in [3.63, 3.8) is 0 Å². The molecule has 104 valence electrons. The normalized spacial score (nSPS) is 10.2. The van der Waals surface area contributed by atoms with Crippen molar-refractivity contribution in [3.8, 4) is 5.75 Å². The molecule has 0 fully saturated rings. The Morgan fingerprint density at radius 1 is 1.26 bits per heavy atom. The van der Waals surface area contributed by atoms with Gasteiger partial charge in [-0.1, -0.05) is 20.3 Å². The average Bonchev–Trinajstić information content (AvgIpc) is 2.37. The molecule has 0 spiro atoms. The van der Waals surface area contributed by atoms with Crippen molar-refractivity contribution in [2.45, 2.75) is 39.5 Å². The summed E-state index contributed by atoms with van der Waals surface area (Å²) >= 11 is 0. The number of benzene rings is 1. The van der Waals surface area contributed by atoms with Gasteiger partial charge in [0.1, 0.15) is 5.75 Å². The van der Waals surface area contributed by atoms with Crippen LogP contribution in [0.25, 0.3) is 0 Å². The second-order valence-electron chi connectivity index (χ2n) is 4.34. The molecule has 0 bridgehead atoms. The lowest BCUT2D eigenvalue weighted by Crippen LogP contribution is -2.16. The van der Waals surface area contributed by atoms with E-state index in [1.54, 1.807) is 6.07 Å². The number of aryl methyl sites for hydroxylation is 1. The van der Waals surface area contributed by atoms with E-state index < -0.39 is 5.91 Å². The Morgan fingerprint density at radius 3 is 2.47 bits per heavy atom. The van der Waals surface area contributed by atoms with E-state index >= 15 is 0 Å². The second-order valence-corrected chi connectivity index (χ2v) is 4.34. The SMILES string of the molecule is CCCCC(=O)Oc1cc(CC)c(N)c(C(N)=O)c1. The highest BCUT2D eigenvalue weighted by Gasteiger charge is 2.14. The predicted octanol–water partition coefficient (Wildman–Crippen LogP) is 2.03. The molecule has 1 aromatic rings. The van der Waals surface area contributed by atoms with Crippen molar-refractivity contribution in [3.05, 3.63) is 23.3 Å². The van der Waals surface area contributed by atoms with E-state index in [4.69, 9.17) is 16.2 Å². The fraction of sp³-hybridized carbons (Fsp3) is 0.429. The first-order valence-electron chi connectivity index (χ1n) is 6.42. The zero-order valence-corrected chi connectivity index (χ0v) is 11.4. The summed E-state index contributed by atoms with van der Waals surface area (Å²) in [6, 6.07) is 3.09. The molecule has 1 amide bonds. The van der Waals surface area contributed by atoms with Gasteiger partial charge >= 0.3 is 5.97 Å². The zero-order chi connectivity index (χ0) is 14.4. The second kappa shape index (κ2) is 6.78. The summed E-state index contributed by atoms with van der Waals surface area (Å²) in [7, 11) is 0. The predicted molar refractivity (Wildman–Crippen MR) is 73.9 cm³/mol. The van der Waals surface area contributed by atoms with Gasteiger partial charge in [0.25, 0.3) is 5.91 Å². The van der Waals surface area contributed by atoms with Crippen LogP contribution < -0.4 is 16.2 Å². The van der Waals surface area contributed by atoms with Gasteiger partial charge in [-0.3, -0.25) is 9.59 Å². The molecule has 0 saturated carbocycles. The maximum atomic E-state index is 11.6. The average molecular weight is 264 g/mol. The highest BCUT2D eigenvalue weighted by molar-refractivity contribution is 5.99. The fourth-order valence-electron chi connectivity index (χ4n) is 1.74. The van der Waals surface area contributed by atoms with Crippen LogP contribution in [0.5, 0.6) is 5.75 Å². The van der Waals surface area contributed by atoms with Gasteiger partial charge in [0.15, 0.2) is 0 Å². The molecule has 0 aliphatic rings. The molecule has 0 saturated heterocycles. The van der Waals surface area contributed by atoms with E-state index in [2.05, 4.69) is 0 Å². The van der Waals surface area contributed by atoms with Crippen molar-refractivity contribution < 1.29 is 14.3 Å². The number of esters is 1. The largest absolute Gasteiger partial charge is 0.426 e. The van der Waals surface area contributed by atoms with Gasteiger partial charge in [0.2, 0.25) is 0 Å². The zero-order valence-electron chi connectivity index (χ0n) is 11.4. The van der Waals surface area contributed by atoms with Crippen LogP contribution in [0.3, 0.4) is 0 Å². The molecule has 0 heterocycles. The highest BCUT2D eigenvalue weighted by atomic mass is 16.5. The Balaban J connectivity index is 2.98. The molecule has 1 rings (SSSR count). The number of carbonyl (C=O) groups is 2. The molecular formula is C14H20N2O3. The van der Waals surface area contributed by atoms with E-state index in [9.17, 15) is 9.59 Å². The van der Waals surface area contributed by atoms with Gasteiger partial charge in [-0.2, -0.15) is 0 Å². The minimum Gasteiger partial charge on any atom is -0.426 e. The number of nitrogen functional groups attached to an aromatic ring is 1. The molecule has 4 N–H and O–H groups in total. The number of unbranched alkanes of at least 4 members (excludes halogenated alkanes) is 1. The Morgan fingerprint density at radius 2 is 1.95 bits per heavy atom. The quantitative estimate of drug-likeness (QED) is 0.467. The number of carbonyl (C=O) groups excluding carboxylic acids is 2. The summed E-state index contributed by atoms with van der Waals surface area (Å²) in [4.78, 5) is 22.9. The van der Waals surface area contributed by atoms with Crippen LogP contribution in [0.15, 0.2) is 12.1 Å². The van der Waals surface area contributed by atoms with Crippen LogP contribution in [0, 0.1) is 0 Å². The summed E-state index contributed by atoms with van der Waals surface area (Å²) in [6.07, 6.45) is 2.68. The van der Waals surface area contributed by atoms with Crippen LogP contribution in [0.4, 0.5) is 5.69 Å². The van der Waals surface area contributed by atoms with Gasteiger partial charge in [0.05, 0.1) is 5.56 Å². The molecule has 0 unspecified atom stereocenters. The van der Waals surface area contributed by atoms with Crippen LogP contribution in [0.1, 0.15) is 49.0 Å². The van der Waals surface area contributed by atoms with Crippen LogP contribution in [-0.4, -0.2) is 11.9 Å². The number of primary amides is 1. The van der Waals surface area contributed by atoms with Crippen LogP contribution in [-0.2, 0) is 11.2 Å². The third-order valence-electron chi connectivity index (χ3n) is 2.85. The smallest absolute Gasteiger partial charge is 0.311 e. The Hall–Kier alpha value is -2.04. The maximum Gasteiger partial charge on any atom is 0.311 e. The lowest BCUT2D eigenvalue weighted by molar-refractivity contribution is -0.134. The Kier molecular flexibility index (Phi) is 5.36. The topological polar surface area (TPSA) is 95.4 Å². The summed E-state index contributed by atoms with van der Waals surface area (Å²) in [5.41, 5.74) is 12.4. The first-order valence-corrected chi connectivity index (χ1v) is 6.42. The van der Waals surface area contributed by atoms with Crippen molar-refractivity contribution in [2.75, 3.05) is 5.73 Å². The molecule has 0 aliphatic heterocycles. The fourth-order valence-corrected chi connectivity index (χ4v) is 1.74. The highest BCUT2D eigenvalue weighted by Crippen LogP contribution is 2.25. The molecule has 19 heavy (non-hydrogen) atoms. The number of hydrogen-bond acceptors (Lipinski definition) is 4. The van der Waals surface area contributed by atoms with E-state index in [1.807, 2.05) is 13.8 Å². The third-order valence-corrected chi connectivity index (χ3v) is 2.85. The van der Waals surface area contributed by atoms with Gasteiger partial charge in [0, 0.05) is 12.1 Å². The molecule has 0 aromatic heterocycles. The number of amides is 1. The number of nitrogens with two attached hydrogens (primary N) is 2. The summed E-state index contributed by atoms with van der Waals surface area (Å²) in [6.45, 7) is 3.90. The van der Waals surface area contributed by atoms with Gasteiger partial charge in [-0.05, 0) is 30.5 Å². The van der Waals surface area contributed by atoms with E-state index in [0.717, 1.165) is 18.4 Å². The van der Waals surface area contributed by atoms with Crippen LogP contribution >= 0.6 is 0 Å². The molecule has 0 aliphatic carbocycles. The summed E-state index contributed by atoms with van der Waals surface area (Å²) in [5, 5.41) is 0.